The predicted octanol–water partition coefficient (Wildman–Crippen LogP) is 7.33. The number of hydrogen-bond acceptors (Lipinski definition) is 5. The highest BCUT2D eigenvalue weighted by Crippen LogP contribution is 2.43. The van der Waals surface area contributed by atoms with Crippen LogP contribution in [0.1, 0.15) is 96.1 Å². The van der Waals surface area contributed by atoms with E-state index in [1.807, 2.05) is 0 Å². The van der Waals surface area contributed by atoms with Crippen molar-refractivity contribution in [3.63, 3.8) is 0 Å². The van der Waals surface area contributed by atoms with Crippen molar-refractivity contribution in [1.82, 2.24) is 19.6 Å². The lowest BCUT2D eigenvalue weighted by Gasteiger charge is -2.15. The largest absolute Gasteiger partial charge is 0.253 e. The number of fused-ring (bicyclic) bond motifs is 1. The second-order valence-electron chi connectivity index (χ2n) is 8.00. The standard InChI is InChI=1S/C21H33Br3N4O2S/c1-2-3-4-5-6-7-8-9-10-11-12-13-14-15-18-16-19(31(29,30)21(22,23)24)28-20(27-18)25-17-26-28/h16-17H,2-15H2,1H3. The second-order valence-corrected chi connectivity index (χ2v) is 18.4. The van der Waals surface area contributed by atoms with E-state index in [4.69, 9.17) is 0 Å². The van der Waals surface area contributed by atoms with Crippen molar-refractivity contribution in [3.8, 4) is 0 Å². The predicted molar refractivity (Wildman–Crippen MR) is 137 cm³/mol. The molecule has 0 aromatic carbocycles. The minimum atomic E-state index is -3.78. The van der Waals surface area contributed by atoms with Gasteiger partial charge in [-0.25, -0.2) is 13.4 Å². The zero-order valence-corrected chi connectivity index (χ0v) is 23.8. The van der Waals surface area contributed by atoms with Gasteiger partial charge in [0.25, 0.3) is 5.78 Å². The zero-order valence-electron chi connectivity index (χ0n) is 18.2. The number of hydrogen-bond donors (Lipinski definition) is 0. The summed E-state index contributed by atoms with van der Waals surface area (Å²) in [6, 6.07) is 1.59. The molecule has 0 aliphatic heterocycles. The van der Waals surface area contributed by atoms with Crippen LogP contribution in [0.2, 0.25) is 0 Å². The molecule has 0 aliphatic rings. The molecule has 0 aliphatic carbocycles. The van der Waals surface area contributed by atoms with Crippen LogP contribution in [0.15, 0.2) is 17.4 Å². The number of unbranched alkanes of at least 4 members (excludes halogenated alkanes) is 12. The van der Waals surface area contributed by atoms with Crippen LogP contribution in [-0.2, 0) is 16.3 Å². The van der Waals surface area contributed by atoms with Crippen LogP contribution < -0.4 is 0 Å². The molecule has 0 radical (unpaired) electrons. The number of aryl methyl sites for hydroxylation is 1. The lowest BCUT2D eigenvalue weighted by molar-refractivity contribution is 0.538. The third-order valence-corrected chi connectivity index (χ3v) is 10.7. The smallest absolute Gasteiger partial charge is 0.219 e. The van der Waals surface area contributed by atoms with E-state index in [9.17, 15) is 8.42 Å². The van der Waals surface area contributed by atoms with E-state index >= 15 is 0 Å². The molecule has 176 valence electrons. The van der Waals surface area contributed by atoms with Gasteiger partial charge in [-0.2, -0.15) is 14.6 Å². The Kier molecular flexibility index (Phi) is 11.9. The minimum Gasteiger partial charge on any atom is -0.219 e. The fourth-order valence-electron chi connectivity index (χ4n) is 3.59. The molecule has 0 spiro atoms. The second kappa shape index (κ2) is 13.6. The molecule has 0 fully saturated rings. The molecule has 0 atom stereocenters. The first kappa shape index (κ1) is 27.2. The van der Waals surface area contributed by atoms with Crippen molar-refractivity contribution in [2.24, 2.45) is 0 Å². The highest BCUT2D eigenvalue weighted by molar-refractivity contribution is 9.42. The number of halogens is 3. The first-order chi connectivity index (χ1) is 14.8. The van der Waals surface area contributed by atoms with E-state index in [2.05, 4.69) is 69.8 Å². The van der Waals surface area contributed by atoms with Crippen LogP contribution in [0.3, 0.4) is 0 Å². The normalized spacial score (nSPS) is 12.6. The van der Waals surface area contributed by atoms with Crippen LogP contribution >= 0.6 is 47.8 Å². The maximum Gasteiger partial charge on any atom is 0.253 e. The Morgan fingerprint density at radius 3 is 1.90 bits per heavy atom. The van der Waals surface area contributed by atoms with Gasteiger partial charge in [0.05, 0.1) is 0 Å². The Hall–Kier alpha value is -0.0600. The fourth-order valence-corrected chi connectivity index (χ4v) is 5.97. The number of sulfone groups is 1. The summed E-state index contributed by atoms with van der Waals surface area (Å²) in [6.07, 6.45) is 18.9. The van der Waals surface area contributed by atoms with E-state index in [0.717, 1.165) is 25.0 Å². The summed E-state index contributed by atoms with van der Waals surface area (Å²) in [5.74, 6) is 0.294. The molecule has 10 heteroatoms. The van der Waals surface area contributed by atoms with E-state index in [1.165, 1.54) is 81.5 Å². The molecule has 2 aromatic heterocycles. The lowest BCUT2D eigenvalue weighted by atomic mass is 10.0. The van der Waals surface area contributed by atoms with Gasteiger partial charge in [-0.15, -0.1) is 0 Å². The monoisotopic (exact) mass is 642 g/mol. The molecular formula is C21H33Br3N4O2S. The fraction of sp³-hybridized carbons (Fsp3) is 0.762. The SMILES string of the molecule is CCCCCCCCCCCCCCCc1cc(S(=O)(=O)C(Br)(Br)Br)n2ncnc2n1. The first-order valence-corrected chi connectivity index (χ1v) is 15.1. The van der Waals surface area contributed by atoms with Crippen LogP contribution in [0, 0.1) is 0 Å². The third-order valence-electron chi connectivity index (χ3n) is 5.39. The molecule has 0 saturated heterocycles. The highest BCUT2D eigenvalue weighted by atomic mass is 80.0. The summed E-state index contributed by atoms with van der Waals surface area (Å²) in [5, 5.41) is 4.06. The topological polar surface area (TPSA) is 77.2 Å². The maximum absolute atomic E-state index is 12.8. The van der Waals surface area contributed by atoms with E-state index in [0.29, 0.717) is 5.78 Å². The molecule has 2 rings (SSSR count). The molecule has 2 heterocycles. The third kappa shape index (κ3) is 8.66. The summed E-state index contributed by atoms with van der Waals surface area (Å²) in [5.41, 5.74) is 0.721. The van der Waals surface area contributed by atoms with Gasteiger partial charge in [0, 0.05) is 5.69 Å². The van der Waals surface area contributed by atoms with Crippen molar-refractivity contribution in [1.29, 1.82) is 0 Å². The van der Waals surface area contributed by atoms with Gasteiger partial charge < -0.3 is 0 Å². The summed E-state index contributed by atoms with van der Waals surface area (Å²) >= 11 is 9.35. The van der Waals surface area contributed by atoms with Crippen molar-refractivity contribution < 1.29 is 8.42 Å². The lowest BCUT2D eigenvalue weighted by Crippen LogP contribution is -2.22. The van der Waals surface area contributed by atoms with Gasteiger partial charge in [-0.1, -0.05) is 84.0 Å². The Morgan fingerprint density at radius 2 is 1.39 bits per heavy atom. The Balaban J connectivity index is 1.72. The van der Waals surface area contributed by atoms with Crippen LogP contribution in [0.25, 0.3) is 5.78 Å². The minimum absolute atomic E-state index is 0.0466. The molecule has 6 nitrogen and oxygen atoms in total. The number of alkyl halides is 3. The summed E-state index contributed by atoms with van der Waals surface area (Å²) < 4.78 is 25.5. The number of nitrogens with zero attached hydrogens (tertiary/aromatic N) is 4. The van der Waals surface area contributed by atoms with Gasteiger partial charge in [0.15, 0.2) is 5.03 Å². The Morgan fingerprint density at radius 1 is 0.871 bits per heavy atom. The quantitative estimate of drug-likeness (QED) is 0.115. The summed E-state index contributed by atoms with van der Waals surface area (Å²) in [4.78, 5) is 8.54. The van der Waals surface area contributed by atoms with Gasteiger partial charge in [-0.3, -0.25) is 0 Å². The average Bonchev–Trinajstić information content (AvgIpc) is 3.18. The van der Waals surface area contributed by atoms with E-state index < -0.39 is 11.3 Å². The molecule has 2 aromatic rings. The molecule has 0 N–H and O–H groups in total. The molecule has 0 unspecified atom stereocenters. The van der Waals surface area contributed by atoms with Crippen molar-refractivity contribution in [3.05, 3.63) is 18.1 Å². The van der Waals surface area contributed by atoms with Gasteiger partial charge in [0.1, 0.15) is 6.33 Å². The zero-order chi connectivity index (χ0) is 22.7. The molecule has 31 heavy (non-hydrogen) atoms. The first-order valence-electron chi connectivity index (χ1n) is 11.3. The van der Waals surface area contributed by atoms with Crippen LogP contribution in [-0.4, -0.2) is 29.5 Å². The Bertz CT molecular complexity index is 898. The number of aromatic nitrogens is 4. The number of rotatable bonds is 15. The van der Waals surface area contributed by atoms with E-state index in [1.54, 1.807) is 6.07 Å². The molecule has 0 amide bonds. The van der Waals surface area contributed by atoms with E-state index in [-0.39, 0.29) is 5.03 Å². The maximum atomic E-state index is 12.8. The Labute approximate surface area is 211 Å². The van der Waals surface area contributed by atoms with Crippen molar-refractivity contribution in [2.45, 2.75) is 103 Å². The molecular weight excluding hydrogens is 612 g/mol. The molecule has 0 saturated carbocycles. The highest BCUT2D eigenvalue weighted by Gasteiger charge is 2.40. The van der Waals surface area contributed by atoms with Gasteiger partial charge in [0.2, 0.25) is 11.3 Å². The van der Waals surface area contributed by atoms with Gasteiger partial charge in [-0.05, 0) is 66.7 Å². The van der Waals surface area contributed by atoms with Crippen LogP contribution in [0.4, 0.5) is 0 Å². The van der Waals surface area contributed by atoms with Crippen LogP contribution in [0.5, 0.6) is 0 Å². The molecule has 0 bridgehead atoms. The summed E-state index contributed by atoms with van der Waals surface area (Å²) in [6.45, 7) is 2.26. The average molecular weight is 645 g/mol. The van der Waals surface area contributed by atoms with Crippen molar-refractivity contribution >= 4 is 63.4 Å². The van der Waals surface area contributed by atoms with Gasteiger partial charge >= 0.3 is 0 Å². The summed E-state index contributed by atoms with van der Waals surface area (Å²) in [7, 11) is -3.78. The van der Waals surface area contributed by atoms with Crippen molar-refractivity contribution in [2.75, 3.05) is 0 Å².